The molecule has 1 saturated heterocycles. The van der Waals surface area contributed by atoms with E-state index >= 15 is 0 Å². The van der Waals surface area contributed by atoms with Crippen LogP contribution in [0, 0.1) is 5.92 Å². The summed E-state index contributed by atoms with van der Waals surface area (Å²) in [5.41, 5.74) is 0. The standard InChI is InChI=1S/C12H21NO4/c1-8(2)17-7-11(14)13-6-4-5-10(9(13)3)12(15)16/h8-10H,4-7H2,1-3H3,(H,15,16)/t9-,10-/m0/s1. The predicted octanol–water partition coefficient (Wildman–Crippen LogP) is 1.12. The minimum Gasteiger partial charge on any atom is -0.481 e. The molecule has 5 heteroatoms. The van der Waals surface area contributed by atoms with E-state index in [0.29, 0.717) is 13.0 Å². The van der Waals surface area contributed by atoms with Crippen molar-refractivity contribution in [3.8, 4) is 0 Å². The Kier molecular flexibility index (Phi) is 4.93. The lowest BCUT2D eigenvalue weighted by Gasteiger charge is -2.37. The zero-order chi connectivity index (χ0) is 13.0. The Bertz CT molecular complexity index is 290. The van der Waals surface area contributed by atoms with Crippen molar-refractivity contribution in [3.63, 3.8) is 0 Å². The number of likely N-dealkylation sites (tertiary alicyclic amines) is 1. The number of piperidine rings is 1. The van der Waals surface area contributed by atoms with Crippen LogP contribution in [0.1, 0.15) is 33.6 Å². The highest BCUT2D eigenvalue weighted by molar-refractivity contribution is 5.79. The van der Waals surface area contributed by atoms with E-state index in [-0.39, 0.29) is 24.7 Å². The Morgan fingerprint density at radius 2 is 2.12 bits per heavy atom. The van der Waals surface area contributed by atoms with E-state index in [4.69, 9.17) is 9.84 Å². The number of ether oxygens (including phenoxy) is 1. The van der Waals surface area contributed by atoms with Crippen LogP contribution in [0.5, 0.6) is 0 Å². The zero-order valence-corrected chi connectivity index (χ0v) is 10.7. The molecule has 0 bridgehead atoms. The third-order valence-electron chi connectivity index (χ3n) is 3.17. The molecule has 0 radical (unpaired) electrons. The van der Waals surface area contributed by atoms with Crippen molar-refractivity contribution in [3.05, 3.63) is 0 Å². The highest BCUT2D eigenvalue weighted by Crippen LogP contribution is 2.23. The number of rotatable bonds is 4. The van der Waals surface area contributed by atoms with Gasteiger partial charge >= 0.3 is 5.97 Å². The first-order valence-electron chi connectivity index (χ1n) is 6.07. The number of nitrogens with zero attached hydrogens (tertiary/aromatic N) is 1. The van der Waals surface area contributed by atoms with E-state index in [0.717, 1.165) is 6.42 Å². The van der Waals surface area contributed by atoms with Gasteiger partial charge in [-0.1, -0.05) is 0 Å². The fourth-order valence-electron chi connectivity index (χ4n) is 2.15. The topological polar surface area (TPSA) is 66.8 Å². The van der Waals surface area contributed by atoms with E-state index in [1.165, 1.54) is 0 Å². The van der Waals surface area contributed by atoms with Crippen LogP contribution in [0.25, 0.3) is 0 Å². The first-order chi connectivity index (χ1) is 7.93. The van der Waals surface area contributed by atoms with Crippen molar-refractivity contribution in [1.82, 2.24) is 4.90 Å². The Morgan fingerprint density at radius 1 is 1.47 bits per heavy atom. The van der Waals surface area contributed by atoms with Crippen LogP contribution in [0.4, 0.5) is 0 Å². The summed E-state index contributed by atoms with van der Waals surface area (Å²) in [7, 11) is 0. The summed E-state index contributed by atoms with van der Waals surface area (Å²) in [6, 6.07) is -0.246. The molecule has 1 aliphatic rings. The molecule has 0 aliphatic carbocycles. The van der Waals surface area contributed by atoms with Crippen molar-refractivity contribution in [2.45, 2.75) is 45.8 Å². The Hall–Kier alpha value is -1.10. The van der Waals surface area contributed by atoms with Crippen molar-refractivity contribution in [2.75, 3.05) is 13.2 Å². The van der Waals surface area contributed by atoms with Gasteiger partial charge in [-0.2, -0.15) is 0 Å². The molecule has 0 unspecified atom stereocenters. The SMILES string of the molecule is CC(C)OCC(=O)N1CCC[C@H](C(=O)O)[C@@H]1C. The van der Waals surface area contributed by atoms with Gasteiger partial charge in [-0.15, -0.1) is 0 Å². The van der Waals surface area contributed by atoms with Crippen LogP contribution in [0.2, 0.25) is 0 Å². The number of carboxylic acids is 1. The van der Waals surface area contributed by atoms with Crippen molar-refractivity contribution in [2.24, 2.45) is 5.92 Å². The largest absolute Gasteiger partial charge is 0.481 e. The van der Waals surface area contributed by atoms with Gasteiger partial charge in [0.25, 0.3) is 0 Å². The second-order valence-corrected chi connectivity index (χ2v) is 4.77. The average Bonchev–Trinajstić information content (AvgIpc) is 2.25. The Morgan fingerprint density at radius 3 is 2.65 bits per heavy atom. The molecular weight excluding hydrogens is 222 g/mol. The molecule has 1 heterocycles. The van der Waals surface area contributed by atoms with E-state index in [2.05, 4.69) is 0 Å². The molecule has 0 spiro atoms. The van der Waals surface area contributed by atoms with E-state index < -0.39 is 11.9 Å². The number of amides is 1. The highest BCUT2D eigenvalue weighted by Gasteiger charge is 2.35. The maximum atomic E-state index is 11.9. The van der Waals surface area contributed by atoms with Gasteiger partial charge in [0.15, 0.2) is 0 Å². The number of carbonyl (C=O) groups is 2. The molecule has 0 aromatic carbocycles. The van der Waals surface area contributed by atoms with E-state index in [9.17, 15) is 9.59 Å². The summed E-state index contributed by atoms with van der Waals surface area (Å²) in [6.07, 6.45) is 1.40. The van der Waals surface area contributed by atoms with Crippen molar-refractivity contribution in [1.29, 1.82) is 0 Å². The second kappa shape index (κ2) is 6.00. The summed E-state index contributed by atoms with van der Waals surface area (Å²) in [4.78, 5) is 24.5. The molecule has 0 aromatic heterocycles. The van der Waals surface area contributed by atoms with Crippen LogP contribution in [0.3, 0.4) is 0 Å². The third-order valence-corrected chi connectivity index (χ3v) is 3.17. The van der Waals surface area contributed by atoms with E-state index in [1.54, 1.807) is 11.8 Å². The van der Waals surface area contributed by atoms with Gasteiger partial charge in [-0.25, -0.2) is 0 Å². The van der Waals surface area contributed by atoms with Crippen LogP contribution >= 0.6 is 0 Å². The Labute approximate surface area is 102 Å². The van der Waals surface area contributed by atoms with Crippen molar-refractivity contribution < 1.29 is 19.4 Å². The first kappa shape index (κ1) is 14.0. The molecular formula is C12H21NO4. The monoisotopic (exact) mass is 243 g/mol. The van der Waals surface area contributed by atoms with Crippen LogP contribution in [0.15, 0.2) is 0 Å². The Balaban J connectivity index is 2.57. The van der Waals surface area contributed by atoms with E-state index in [1.807, 2.05) is 13.8 Å². The molecule has 17 heavy (non-hydrogen) atoms. The zero-order valence-electron chi connectivity index (χ0n) is 10.7. The number of carbonyl (C=O) groups excluding carboxylic acids is 1. The molecule has 98 valence electrons. The quantitative estimate of drug-likeness (QED) is 0.803. The summed E-state index contributed by atoms with van der Waals surface area (Å²) in [6.45, 7) is 6.20. The first-order valence-corrected chi connectivity index (χ1v) is 6.07. The minimum absolute atomic E-state index is 0.00863. The number of hydrogen-bond donors (Lipinski definition) is 1. The molecule has 0 saturated carbocycles. The van der Waals surface area contributed by atoms with Crippen LogP contribution in [-0.4, -0.2) is 47.2 Å². The van der Waals surface area contributed by atoms with Crippen molar-refractivity contribution >= 4 is 11.9 Å². The van der Waals surface area contributed by atoms with Gasteiger partial charge in [-0.05, 0) is 33.6 Å². The van der Waals surface area contributed by atoms with Gasteiger partial charge in [-0.3, -0.25) is 9.59 Å². The smallest absolute Gasteiger partial charge is 0.308 e. The van der Waals surface area contributed by atoms with Gasteiger partial charge in [0, 0.05) is 12.6 Å². The summed E-state index contributed by atoms with van der Waals surface area (Å²) in [5.74, 6) is -1.39. The molecule has 1 fully saturated rings. The molecule has 1 aliphatic heterocycles. The van der Waals surface area contributed by atoms with Gasteiger partial charge in [0.05, 0.1) is 12.0 Å². The van der Waals surface area contributed by atoms with Crippen LogP contribution < -0.4 is 0 Å². The van der Waals surface area contributed by atoms with Crippen LogP contribution in [-0.2, 0) is 14.3 Å². The average molecular weight is 243 g/mol. The fraction of sp³-hybridized carbons (Fsp3) is 0.833. The molecule has 5 nitrogen and oxygen atoms in total. The maximum Gasteiger partial charge on any atom is 0.308 e. The van der Waals surface area contributed by atoms with Gasteiger partial charge in [0.2, 0.25) is 5.91 Å². The number of aliphatic carboxylic acids is 1. The molecule has 2 atom stereocenters. The minimum atomic E-state index is -0.820. The fourth-order valence-corrected chi connectivity index (χ4v) is 2.15. The summed E-state index contributed by atoms with van der Waals surface area (Å²) >= 11 is 0. The normalized spacial score (nSPS) is 25.1. The summed E-state index contributed by atoms with van der Waals surface area (Å²) < 4.78 is 5.26. The molecule has 1 amide bonds. The summed E-state index contributed by atoms with van der Waals surface area (Å²) in [5, 5.41) is 9.06. The predicted molar refractivity (Wildman–Crippen MR) is 62.6 cm³/mol. The lowest BCUT2D eigenvalue weighted by atomic mass is 9.90. The molecule has 1 rings (SSSR count). The number of hydrogen-bond acceptors (Lipinski definition) is 3. The molecule has 1 N–H and O–H groups in total. The van der Waals surface area contributed by atoms with Gasteiger partial charge < -0.3 is 14.7 Å². The second-order valence-electron chi connectivity index (χ2n) is 4.77. The van der Waals surface area contributed by atoms with Gasteiger partial charge in [0.1, 0.15) is 6.61 Å². The maximum absolute atomic E-state index is 11.9. The lowest BCUT2D eigenvalue weighted by molar-refractivity contribution is -0.151. The third kappa shape index (κ3) is 3.70. The lowest BCUT2D eigenvalue weighted by Crippen LogP contribution is -2.50. The highest BCUT2D eigenvalue weighted by atomic mass is 16.5. The molecule has 0 aromatic rings. The number of carboxylic acid groups (broad SMARTS) is 1.